The van der Waals surface area contributed by atoms with Crippen LogP contribution in [-0.2, 0) is 9.59 Å². The molecule has 3 aromatic rings. The summed E-state index contributed by atoms with van der Waals surface area (Å²) < 4.78 is 19.2. The molecule has 1 saturated carbocycles. The van der Waals surface area contributed by atoms with E-state index in [0.29, 0.717) is 10.6 Å². The van der Waals surface area contributed by atoms with Gasteiger partial charge in [0.15, 0.2) is 6.04 Å². The van der Waals surface area contributed by atoms with Crippen molar-refractivity contribution in [2.45, 2.75) is 44.2 Å². The van der Waals surface area contributed by atoms with Crippen molar-refractivity contribution < 1.29 is 23.2 Å². The van der Waals surface area contributed by atoms with Gasteiger partial charge in [0.05, 0.1) is 17.7 Å². The van der Waals surface area contributed by atoms with Gasteiger partial charge in [-0.25, -0.2) is 4.39 Å². The number of furan rings is 1. The maximum absolute atomic E-state index is 13.6. The van der Waals surface area contributed by atoms with Crippen molar-refractivity contribution in [3.63, 3.8) is 0 Å². The van der Waals surface area contributed by atoms with Crippen LogP contribution in [-0.4, -0.2) is 30.3 Å². The normalized spacial score (nSPS) is 14.9. The summed E-state index contributed by atoms with van der Waals surface area (Å²) in [4.78, 5) is 41.0. The molecule has 1 aliphatic carbocycles. The first kappa shape index (κ1) is 23.7. The van der Waals surface area contributed by atoms with Gasteiger partial charge >= 0.3 is 0 Å². The van der Waals surface area contributed by atoms with Crippen LogP contribution in [0.15, 0.2) is 64.6 Å². The second-order valence-corrected chi connectivity index (χ2v) is 9.11. The lowest BCUT2D eigenvalue weighted by molar-refractivity contribution is -0.127. The van der Waals surface area contributed by atoms with Crippen LogP contribution in [0.2, 0.25) is 0 Å². The minimum absolute atomic E-state index is 0.0161. The number of benzene rings is 1. The maximum Gasteiger partial charge on any atom is 0.261 e. The minimum atomic E-state index is -1.12. The average Bonchev–Trinajstić information content (AvgIpc) is 3.57. The van der Waals surface area contributed by atoms with Crippen LogP contribution in [0.3, 0.4) is 0 Å². The third-order valence-corrected chi connectivity index (χ3v) is 6.66. The topological polar surface area (TPSA) is 91.7 Å². The Morgan fingerprint density at radius 2 is 1.82 bits per heavy atom. The molecule has 4 rings (SSSR count). The number of carbonyl (C=O) groups excluding carboxylic acids is 3. The fraction of sp³-hybridized carbons (Fsp3) is 0.320. The number of hydrogen-bond donors (Lipinski definition) is 2. The van der Waals surface area contributed by atoms with E-state index in [9.17, 15) is 18.8 Å². The van der Waals surface area contributed by atoms with Gasteiger partial charge in [-0.05, 0) is 60.7 Å². The molecule has 3 amide bonds. The zero-order valence-corrected chi connectivity index (χ0v) is 19.4. The fourth-order valence-corrected chi connectivity index (χ4v) is 4.76. The SMILES string of the molecule is O=C(NCC(=O)N(c1ccc(F)cc1)[C@H](C(=O)NC1CCCCC1)c1ccco1)c1cccs1. The molecule has 178 valence electrons. The Kier molecular flexibility index (Phi) is 7.74. The number of rotatable bonds is 8. The van der Waals surface area contributed by atoms with E-state index >= 15 is 0 Å². The predicted octanol–water partition coefficient (Wildman–Crippen LogP) is 4.43. The molecule has 2 heterocycles. The lowest BCUT2D eigenvalue weighted by Gasteiger charge is -2.32. The van der Waals surface area contributed by atoms with Gasteiger partial charge in [-0.2, -0.15) is 0 Å². The first-order chi connectivity index (χ1) is 16.5. The first-order valence-electron chi connectivity index (χ1n) is 11.3. The van der Waals surface area contributed by atoms with Crippen molar-refractivity contribution in [1.82, 2.24) is 10.6 Å². The molecule has 7 nitrogen and oxygen atoms in total. The Bertz CT molecular complexity index is 1090. The summed E-state index contributed by atoms with van der Waals surface area (Å²) in [7, 11) is 0. The van der Waals surface area contributed by atoms with Crippen LogP contribution < -0.4 is 15.5 Å². The molecule has 1 aromatic carbocycles. The number of thiophene rings is 1. The highest BCUT2D eigenvalue weighted by Crippen LogP contribution is 2.29. The lowest BCUT2D eigenvalue weighted by atomic mass is 9.95. The lowest BCUT2D eigenvalue weighted by Crippen LogP contribution is -2.49. The molecule has 0 saturated heterocycles. The van der Waals surface area contributed by atoms with Crippen molar-refractivity contribution >= 4 is 34.7 Å². The summed E-state index contributed by atoms with van der Waals surface area (Å²) in [5, 5.41) is 7.44. The highest BCUT2D eigenvalue weighted by molar-refractivity contribution is 7.12. The smallest absolute Gasteiger partial charge is 0.261 e. The van der Waals surface area contributed by atoms with Crippen molar-refractivity contribution in [3.05, 3.63) is 76.6 Å². The number of carbonyl (C=O) groups is 3. The van der Waals surface area contributed by atoms with E-state index in [1.54, 1.807) is 29.6 Å². The largest absolute Gasteiger partial charge is 0.467 e. The van der Waals surface area contributed by atoms with Crippen LogP contribution >= 0.6 is 11.3 Å². The molecule has 2 aromatic heterocycles. The highest BCUT2D eigenvalue weighted by atomic mass is 32.1. The van der Waals surface area contributed by atoms with Gasteiger partial charge in [-0.1, -0.05) is 25.3 Å². The van der Waals surface area contributed by atoms with Crippen molar-refractivity contribution in [2.75, 3.05) is 11.4 Å². The molecular formula is C25H26FN3O4S. The van der Waals surface area contributed by atoms with Gasteiger partial charge in [0.1, 0.15) is 11.6 Å². The van der Waals surface area contributed by atoms with Crippen LogP contribution in [0.25, 0.3) is 0 Å². The van der Waals surface area contributed by atoms with E-state index in [-0.39, 0.29) is 30.2 Å². The second-order valence-electron chi connectivity index (χ2n) is 8.16. The predicted molar refractivity (Wildman–Crippen MR) is 127 cm³/mol. The maximum atomic E-state index is 13.6. The molecule has 0 unspecified atom stereocenters. The Labute approximate surface area is 200 Å². The van der Waals surface area contributed by atoms with Crippen LogP contribution in [0.5, 0.6) is 0 Å². The molecule has 0 radical (unpaired) electrons. The molecule has 0 bridgehead atoms. The average molecular weight is 484 g/mol. The van der Waals surface area contributed by atoms with E-state index in [1.807, 2.05) is 0 Å². The summed E-state index contributed by atoms with van der Waals surface area (Å²) in [6.45, 7) is -0.345. The Morgan fingerprint density at radius 1 is 1.06 bits per heavy atom. The Morgan fingerprint density at radius 3 is 2.47 bits per heavy atom. The van der Waals surface area contributed by atoms with Gasteiger partial charge in [0.2, 0.25) is 5.91 Å². The third-order valence-electron chi connectivity index (χ3n) is 5.79. The molecule has 1 atom stereocenters. The summed E-state index contributed by atoms with van der Waals surface area (Å²) in [6, 6.07) is 10.9. The van der Waals surface area contributed by atoms with Crippen molar-refractivity contribution in [1.29, 1.82) is 0 Å². The van der Waals surface area contributed by atoms with Gasteiger partial charge in [-0.15, -0.1) is 11.3 Å². The number of anilines is 1. The number of nitrogens with one attached hydrogen (secondary N) is 2. The molecular weight excluding hydrogens is 457 g/mol. The van der Waals surface area contributed by atoms with Crippen molar-refractivity contribution in [2.24, 2.45) is 0 Å². The molecule has 0 aliphatic heterocycles. The second kappa shape index (κ2) is 11.1. The number of amides is 3. The van der Waals surface area contributed by atoms with Crippen LogP contribution in [0.1, 0.15) is 53.6 Å². The quantitative estimate of drug-likeness (QED) is 0.496. The fourth-order valence-electron chi connectivity index (χ4n) is 4.12. The summed E-state index contributed by atoms with van der Waals surface area (Å²) in [5.41, 5.74) is 0.317. The summed E-state index contributed by atoms with van der Waals surface area (Å²) in [5.74, 6) is -1.50. The molecule has 1 fully saturated rings. The van der Waals surface area contributed by atoms with Crippen molar-refractivity contribution in [3.8, 4) is 0 Å². The molecule has 34 heavy (non-hydrogen) atoms. The highest BCUT2D eigenvalue weighted by Gasteiger charge is 2.36. The monoisotopic (exact) mass is 483 g/mol. The molecule has 0 spiro atoms. The number of halogens is 1. The zero-order chi connectivity index (χ0) is 23.9. The number of hydrogen-bond acceptors (Lipinski definition) is 5. The van der Waals surface area contributed by atoms with E-state index in [2.05, 4.69) is 10.6 Å². The summed E-state index contributed by atoms with van der Waals surface area (Å²) >= 11 is 1.26. The number of nitrogens with zero attached hydrogens (tertiary/aromatic N) is 1. The molecule has 9 heteroatoms. The Hall–Kier alpha value is -3.46. The standard InChI is InChI=1S/C25H26FN3O4S/c26-17-10-12-19(13-11-17)29(22(30)16-27-24(31)21-9-5-15-34-21)23(20-8-4-14-33-20)25(32)28-18-6-2-1-3-7-18/h4-5,8-15,18,23H,1-3,6-7,16H2,(H,27,31)(H,28,32)/t23-/m0/s1. The van der Waals surface area contributed by atoms with Gasteiger partial charge in [-0.3, -0.25) is 19.3 Å². The van der Waals surface area contributed by atoms with Gasteiger partial charge in [0, 0.05) is 11.7 Å². The zero-order valence-electron chi connectivity index (χ0n) is 18.5. The minimum Gasteiger partial charge on any atom is -0.467 e. The van der Waals surface area contributed by atoms with E-state index in [4.69, 9.17) is 4.42 Å². The van der Waals surface area contributed by atoms with E-state index < -0.39 is 17.8 Å². The van der Waals surface area contributed by atoms with Gasteiger partial charge < -0.3 is 15.1 Å². The first-order valence-corrected chi connectivity index (χ1v) is 12.1. The van der Waals surface area contributed by atoms with E-state index in [1.165, 1.54) is 46.8 Å². The van der Waals surface area contributed by atoms with E-state index in [0.717, 1.165) is 32.1 Å². The summed E-state index contributed by atoms with van der Waals surface area (Å²) in [6.07, 6.45) is 6.38. The van der Waals surface area contributed by atoms with Gasteiger partial charge in [0.25, 0.3) is 11.8 Å². The Balaban J connectivity index is 1.62. The molecule has 2 N–H and O–H groups in total. The molecule has 1 aliphatic rings. The van der Waals surface area contributed by atoms with Crippen LogP contribution in [0.4, 0.5) is 10.1 Å². The van der Waals surface area contributed by atoms with Crippen LogP contribution in [0, 0.1) is 5.82 Å². The third kappa shape index (κ3) is 5.72.